The molecule has 0 aromatic heterocycles. The third-order valence-corrected chi connectivity index (χ3v) is 0. The molecule has 0 unspecified atom stereocenters. The Bertz CT molecular complexity index is 34.5. The molecule has 0 aliphatic heterocycles. The van der Waals surface area contributed by atoms with E-state index in [-0.39, 0.29) is 5.11 Å². The van der Waals surface area contributed by atoms with Crippen LogP contribution >= 0.6 is 12.2 Å². The van der Waals surface area contributed by atoms with E-state index in [1.54, 1.807) is 0 Å². The summed E-state index contributed by atoms with van der Waals surface area (Å²) in [5, 5.41) is 0.000000000000000222. The Hall–Kier alpha value is 0.625. The van der Waals surface area contributed by atoms with Crippen LogP contribution in [0.4, 0.5) is 0 Å². The molecule has 0 aromatic rings. The van der Waals surface area contributed by atoms with Crippen LogP contribution in [0.3, 0.4) is 0 Å². The minimum absolute atomic E-state index is 0.000000000000000222. The van der Waals surface area contributed by atoms with Gasteiger partial charge in [-0.2, -0.15) is 0 Å². The van der Waals surface area contributed by atoms with E-state index < -0.39 is 0 Å². The third kappa shape index (κ3) is 156. The number of thiocarbonyl (C=S) groups is 1. The van der Waals surface area contributed by atoms with Crippen LogP contribution in [-0.4, -0.2) is 5.11 Å². The molecule has 0 fully saturated rings. The van der Waals surface area contributed by atoms with Crippen LogP contribution in [0.25, 0.3) is 0 Å². The number of nitrogens with two attached hydrogens (primary N) is 2. The summed E-state index contributed by atoms with van der Waals surface area (Å²) in [5.74, 6) is 0. The number of rotatable bonds is 0. The van der Waals surface area contributed by atoms with Crippen molar-refractivity contribution in [1.82, 2.24) is 0 Å². The van der Waals surface area contributed by atoms with Crippen molar-refractivity contribution < 1.29 is 26.1 Å². The van der Waals surface area contributed by atoms with E-state index >= 15 is 0 Å². The standard InChI is InChI=1S/CH4N2S.CH3.Hg/c2-1(3)4;;/h(H4,2,3,4);1H3;. The van der Waals surface area contributed by atoms with Crippen molar-refractivity contribution in [2.45, 2.75) is 4.43 Å². The number of hydrogen-bond donors (Lipinski definition) is 2. The Labute approximate surface area is 59.2 Å². The Kier molecular flexibility index (Phi) is 15.0. The molecule has 0 amide bonds. The fourth-order valence-electron chi connectivity index (χ4n) is 0. The molecule has 0 aromatic carbocycles. The second-order valence-corrected chi connectivity index (χ2v) is 0.874. The molecule has 0 saturated heterocycles. The second kappa shape index (κ2) is 9.16. The summed E-state index contributed by atoms with van der Waals surface area (Å²) < 4.78 is 2.19. The zero-order valence-corrected chi connectivity index (χ0v) is 10.1. The number of hydrogen-bond acceptors (Lipinski definition) is 1. The minimum atomic E-state index is 0.000000000000000222. The van der Waals surface area contributed by atoms with E-state index in [2.05, 4.69) is 28.1 Å². The molecule has 0 aliphatic rings. The summed E-state index contributed by atoms with van der Waals surface area (Å²) in [6.07, 6.45) is 0. The van der Waals surface area contributed by atoms with Gasteiger partial charge in [0.05, 0.1) is 0 Å². The summed E-state index contributed by atoms with van der Waals surface area (Å²) in [4.78, 5) is 0. The van der Waals surface area contributed by atoms with E-state index in [1.165, 1.54) is 0 Å². The van der Waals surface area contributed by atoms with Crippen LogP contribution < -0.4 is 11.5 Å². The van der Waals surface area contributed by atoms with Gasteiger partial charge in [0.1, 0.15) is 0 Å². The zero-order valence-electron chi connectivity index (χ0n) is 3.77. The Morgan fingerprint density at radius 1 is 1.50 bits per heavy atom. The van der Waals surface area contributed by atoms with Gasteiger partial charge in [-0.1, -0.05) is 0 Å². The van der Waals surface area contributed by atoms with Crippen molar-refractivity contribution >= 4 is 17.3 Å². The second-order valence-electron chi connectivity index (χ2n) is 0.402. The fourth-order valence-corrected chi connectivity index (χ4v) is 0. The Morgan fingerprint density at radius 2 is 1.50 bits per heavy atom. The van der Waals surface area contributed by atoms with E-state index in [0.717, 1.165) is 26.1 Å². The van der Waals surface area contributed by atoms with Gasteiger partial charge in [-0.3, -0.25) is 0 Å². The first-order valence-electron chi connectivity index (χ1n) is 1.49. The summed E-state index contributed by atoms with van der Waals surface area (Å²) in [5.41, 5.74) is 9.24. The Morgan fingerprint density at radius 3 is 1.50 bits per heavy atom. The first kappa shape index (κ1) is 9.80. The molecular weight excluding hydrogens is 285 g/mol. The first-order chi connectivity index (χ1) is 2.73. The average Bonchev–Trinajstić information content (AvgIpc) is 1.41. The van der Waals surface area contributed by atoms with E-state index in [1.807, 2.05) is 0 Å². The maximum atomic E-state index is 4.62. The van der Waals surface area contributed by atoms with Crippen LogP contribution in [0.1, 0.15) is 0 Å². The molecule has 0 aliphatic carbocycles. The molecule has 0 spiro atoms. The normalized spacial score (nSPS) is 5.17. The van der Waals surface area contributed by atoms with E-state index in [9.17, 15) is 0 Å². The van der Waals surface area contributed by atoms with Crippen LogP contribution in [0.15, 0.2) is 0 Å². The van der Waals surface area contributed by atoms with Gasteiger partial charge in [0.2, 0.25) is 0 Å². The van der Waals surface area contributed by atoms with Gasteiger partial charge in [0, 0.05) is 0 Å². The van der Waals surface area contributed by atoms with Gasteiger partial charge < -0.3 is 11.5 Å². The van der Waals surface area contributed by atoms with Gasteiger partial charge in [-0.15, -0.1) is 0 Å². The summed E-state index contributed by atoms with van der Waals surface area (Å²) >= 11 is 5.12. The van der Waals surface area contributed by atoms with Gasteiger partial charge in [0.15, 0.2) is 5.11 Å². The van der Waals surface area contributed by atoms with Crippen molar-refractivity contribution in [3.8, 4) is 0 Å². The van der Waals surface area contributed by atoms with Crippen molar-refractivity contribution in [1.29, 1.82) is 0 Å². The molecule has 0 atom stereocenters. The average molecular weight is 292 g/mol. The van der Waals surface area contributed by atoms with Gasteiger partial charge in [-0.05, 0) is 12.2 Å². The maximum absolute atomic E-state index is 4.62. The molecule has 6 heavy (non-hydrogen) atoms. The van der Waals surface area contributed by atoms with Gasteiger partial charge >= 0.3 is 30.6 Å². The van der Waals surface area contributed by atoms with E-state index in [0.29, 0.717) is 0 Å². The SMILES string of the molecule is NC(N)=S.[CH3][Hg]. The molecule has 0 rings (SSSR count). The van der Waals surface area contributed by atoms with Crippen molar-refractivity contribution in [2.24, 2.45) is 11.5 Å². The molecule has 2 nitrogen and oxygen atoms in total. The molecular formula is C2H7HgN2S. The van der Waals surface area contributed by atoms with Crippen LogP contribution in [0.2, 0.25) is 4.43 Å². The first-order valence-corrected chi connectivity index (χ1v) is 7.39. The van der Waals surface area contributed by atoms with Crippen LogP contribution in [-0.2, 0) is 26.1 Å². The van der Waals surface area contributed by atoms with Crippen molar-refractivity contribution in [3.63, 3.8) is 0 Å². The van der Waals surface area contributed by atoms with E-state index in [4.69, 9.17) is 0 Å². The molecule has 33 valence electrons. The van der Waals surface area contributed by atoms with Crippen molar-refractivity contribution in [3.05, 3.63) is 0 Å². The third-order valence-electron chi connectivity index (χ3n) is 0. The van der Waals surface area contributed by atoms with Crippen LogP contribution in [0.5, 0.6) is 0 Å². The quantitative estimate of drug-likeness (QED) is 0.479. The fraction of sp³-hybridized carbons (Fsp3) is 0.500. The molecule has 0 bridgehead atoms. The monoisotopic (exact) mass is 293 g/mol. The predicted octanol–water partition coefficient (Wildman–Crippen LogP) is -0.230. The summed E-state index contributed by atoms with van der Waals surface area (Å²) in [6, 6.07) is 0. The predicted molar refractivity (Wildman–Crippen MR) is 26.8 cm³/mol. The van der Waals surface area contributed by atoms with Crippen molar-refractivity contribution in [2.75, 3.05) is 0 Å². The zero-order chi connectivity index (χ0) is 5.58. The van der Waals surface area contributed by atoms with Gasteiger partial charge in [0.25, 0.3) is 0 Å². The summed E-state index contributed by atoms with van der Waals surface area (Å²) in [7, 11) is 0. The van der Waals surface area contributed by atoms with Gasteiger partial charge in [-0.25, -0.2) is 0 Å². The molecule has 0 heterocycles. The molecule has 4 N–H and O–H groups in total. The Balaban J connectivity index is 0. The summed E-state index contributed by atoms with van der Waals surface area (Å²) in [6.45, 7) is 0. The molecule has 0 saturated carbocycles. The van der Waals surface area contributed by atoms with Crippen LogP contribution in [0, 0.1) is 0 Å². The molecule has 0 radical (unpaired) electrons. The molecule has 4 heteroatoms. The topological polar surface area (TPSA) is 52.0 Å².